The lowest BCUT2D eigenvalue weighted by molar-refractivity contribution is -0.117. The van der Waals surface area contributed by atoms with Crippen LogP contribution in [0.2, 0.25) is 5.02 Å². The second-order valence-corrected chi connectivity index (χ2v) is 8.96. The first-order valence-corrected chi connectivity index (χ1v) is 10.2. The second kappa shape index (κ2) is 8.85. The van der Waals surface area contributed by atoms with E-state index in [-0.39, 0.29) is 29.6 Å². The Hall–Kier alpha value is -2.91. The van der Waals surface area contributed by atoms with E-state index in [0.29, 0.717) is 10.6 Å². The third kappa shape index (κ3) is 5.37. The van der Waals surface area contributed by atoms with Gasteiger partial charge in [0.05, 0.1) is 5.56 Å². The van der Waals surface area contributed by atoms with Crippen molar-refractivity contribution in [3.05, 3.63) is 94.0 Å². The summed E-state index contributed by atoms with van der Waals surface area (Å²) in [5, 5.41) is 9.73. The number of halogens is 1. The molecule has 4 heteroatoms. The lowest BCUT2D eigenvalue weighted by Crippen LogP contribution is -2.11. The van der Waals surface area contributed by atoms with Crippen LogP contribution < -0.4 is 0 Å². The highest BCUT2D eigenvalue weighted by molar-refractivity contribution is 6.30. The molecule has 0 saturated heterocycles. The fraction of sp³-hybridized carbons (Fsp3) is 0.231. The molecule has 0 aliphatic carbocycles. The van der Waals surface area contributed by atoms with Gasteiger partial charge in [0.2, 0.25) is 0 Å². The Morgan fingerprint density at radius 1 is 0.833 bits per heavy atom. The molecular weight excluding hydrogens is 396 g/mol. The van der Waals surface area contributed by atoms with Crippen LogP contribution in [0, 0.1) is 0 Å². The SMILES string of the molecule is CC(C)(C)c1ccc(-c2ccc(CC(=O)Cc3cc(Cl)ccc3C(=O)O)cc2)cc1. The molecule has 3 aromatic carbocycles. The molecule has 3 nitrogen and oxygen atoms in total. The zero-order valence-electron chi connectivity index (χ0n) is 17.4. The smallest absolute Gasteiger partial charge is 0.335 e. The highest BCUT2D eigenvalue weighted by Gasteiger charge is 2.15. The normalized spacial score (nSPS) is 11.3. The molecule has 154 valence electrons. The lowest BCUT2D eigenvalue weighted by atomic mass is 9.86. The standard InChI is InChI=1S/C26H25ClO3/c1-26(2,3)21-10-8-19(9-11-21)18-6-4-17(5-7-18)14-23(28)16-20-15-22(27)12-13-24(20)25(29)30/h4-13,15H,14,16H2,1-3H3,(H,29,30). The van der Waals surface area contributed by atoms with Crippen LogP contribution in [0.25, 0.3) is 11.1 Å². The van der Waals surface area contributed by atoms with Gasteiger partial charge >= 0.3 is 5.97 Å². The van der Waals surface area contributed by atoms with Crippen molar-refractivity contribution >= 4 is 23.4 Å². The largest absolute Gasteiger partial charge is 0.478 e. The number of hydrogen-bond acceptors (Lipinski definition) is 2. The highest BCUT2D eigenvalue weighted by Crippen LogP contribution is 2.26. The van der Waals surface area contributed by atoms with Gasteiger partial charge in [-0.2, -0.15) is 0 Å². The van der Waals surface area contributed by atoms with Crippen molar-refractivity contribution in [1.82, 2.24) is 0 Å². The van der Waals surface area contributed by atoms with Gasteiger partial charge in [0.15, 0.2) is 0 Å². The first kappa shape index (κ1) is 21.8. The average Bonchev–Trinajstić information content (AvgIpc) is 2.68. The Morgan fingerprint density at radius 3 is 1.93 bits per heavy atom. The molecule has 3 rings (SSSR count). The van der Waals surface area contributed by atoms with Crippen molar-refractivity contribution in [2.24, 2.45) is 0 Å². The van der Waals surface area contributed by atoms with Crippen LogP contribution in [0.1, 0.15) is 47.8 Å². The minimum absolute atomic E-state index is 0.0399. The van der Waals surface area contributed by atoms with Gasteiger partial charge in [-0.25, -0.2) is 4.79 Å². The Labute approximate surface area is 182 Å². The van der Waals surface area contributed by atoms with Crippen LogP contribution in [0.15, 0.2) is 66.7 Å². The summed E-state index contributed by atoms with van der Waals surface area (Å²) in [6.07, 6.45) is 0.285. The number of hydrogen-bond donors (Lipinski definition) is 1. The van der Waals surface area contributed by atoms with Crippen molar-refractivity contribution in [3.63, 3.8) is 0 Å². The third-order valence-electron chi connectivity index (χ3n) is 5.12. The molecule has 1 N–H and O–H groups in total. The Balaban J connectivity index is 1.70. The number of ketones is 1. The van der Waals surface area contributed by atoms with E-state index >= 15 is 0 Å². The van der Waals surface area contributed by atoms with Crippen molar-refractivity contribution in [1.29, 1.82) is 0 Å². The number of Topliss-reactive ketones (excluding diaryl/α,β-unsaturated/α-hetero) is 1. The first-order valence-electron chi connectivity index (χ1n) is 9.87. The van der Waals surface area contributed by atoms with Gasteiger partial charge in [0, 0.05) is 17.9 Å². The van der Waals surface area contributed by atoms with Gasteiger partial charge in [0.1, 0.15) is 5.78 Å². The highest BCUT2D eigenvalue weighted by atomic mass is 35.5. The summed E-state index contributed by atoms with van der Waals surface area (Å²) in [7, 11) is 0. The zero-order chi connectivity index (χ0) is 21.9. The van der Waals surface area contributed by atoms with Gasteiger partial charge in [-0.3, -0.25) is 4.79 Å². The lowest BCUT2D eigenvalue weighted by Gasteiger charge is -2.19. The number of rotatable bonds is 6. The van der Waals surface area contributed by atoms with Gasteiger partial charge < -0.3 is 5.11 Å². The Morgan fingerprint density at radius 2 is 1.40 bits per heavy atom. The average molecular weight is 421 g/mol. The molecule has 0 amide bonds. The van der Waals surface area contributed by atoms with E-state index in [4.69, 9.17) is 11.6 Å². The van der Waals surface area contributed by atoms with Crippen molar-refractivity contribution in [3.8, 4) is 11.1 Å². The molecule has 0 saturated carbocycles. The maximum absolute atomic E-state index is 12.5. The molecule has 3 aromatic rings. The number of benzene rings is 3. The predicted molar refractivity (Wildman–Crippen MR) is 121 cm³/mol. The van der Waals surface area contributed by atoms with E-state index in [1.165, 1.54) is 17.7 Å². The monoisotopic (exact) mass is 420 g/mol. The second-order valence-electron chi connectivity index (χ2n) is 8.52. The summed E-state index contributed by atoms with van der Waals surface area (Å²) in [5.74, 6) is -1.11. The van der Waals surface area contributed by atoms with Gasteiger partial charge in [-0.1, -0.05) is 80.9 Å². The molecule has 0 aliphatic heterocycles. The maximum Gasteiger partial charge on any atom is 0.335 e. The van der Waals surface area contributed by atoms with Crippen LogP contribution >= 0.6 is 11.6 Å². The molecule has 0 radical (unpaired) electrons. The summed E-state index contributed by atoms with van der Waals surface area (Å²) >= 11 is 5.97. The molecule has 0 bridgehead atoms. The summed E-state index contributed by atoms with van der Waals surface area (Å²) in [6.45, 7) is 6.57. The molecule has 0 spiro atoms. The molecular formula is C26H25ClO3. The molecule has 0 heterocycles. The van der Waals surface area contributed by atoms with Crippen molar-refractivity contribution in [2.75, 3.05) is 0 Å². The van der Waals surface area contributed by atoms with Gasteiger partial charge in [-0.05, 0) is 51.4 Å². The van der Waals surface area contributed by atoms with E-state index in [1.807, 2.05) is 24.3 Å². The number of carbonyl (C=O) groups is 2. The van der Waals surface area contributed by atoms with Gasteiger partial charge in [-0.15, -0.1) is 0 Å². The minimum atomic E-state index is -1.06. The number of aromatic carboxylic acids is 1. The fourth-order valence-corrected chi connectivity index (χ4v) is 3.59. The predicted octanol–water partition coefficient (Wildman–Crippen LogP) is 6.36. The van der Waals surface area contributed by atoms with E-state index in [9.17, 15) is 14.7 Å². The van der Waals surface area contributed by atoms with E-state index in [0.717, 1.165) is 16.7 Å². The zero-order valence-corrected chi connectivity index (χ0v) is 18.2. The summed E-state index contributed by atoms with van der Waals surface area (Å²) in [6, 6.07) is 21.0. The maximum atomic E-state index is 12.5. The first-order chi connectivity index (χ1) is 14.1. The van der Waals surface area contributed by atoms with Crippen LogP contribution in [-0.4, -0.2) is 16.9 Å². The molecule has 0 aromatic heterocycles. The van der Waals surface area contributed by atoms with E-state index in [2.05, 4.69) is 45.0 Å². The molecule has 0 aliphatic rings. The van der Waals surface area contributed by atoms with Crippen LogP contribution in [0.3, 0.4) is 0 Å². The van der Waals surface area contributed by atoms with E-state index in [1.54, 1.807) is 6.07 Å². The Kier molecular flexibility index (Phi) is 6.42. The van der Waals surface area contributed by atoms with Gasteiger partial charge in [0.25, 0.3) is 0 Å². The molecule has 30 heavy (non-hydrogen) atoms. The number of carboxylic acid groups (broad SMARTS) is 1. The third-order valence-corrected chi connectivity index (χ3v) is 5.36. The van der Waals surface area contributed by atoms with Crippen LogP contribution in [0.5, 0.6) is 0 Å². The summed E-state index contributed by atoms with van der Waals surface area (Å²) in [4.78, 5) is 23.9. The minimum Gasteiger partial charge on any atom is -0.478 e. The molecule has 0 atom stereocenters. The summed E-state index contributed by atoms with van der Waals surface area (Å²) in [5.41, 5.74) is 5.08. The topological polar surface area (TPSA) is 54.4 Å². The van der Waals surface area contributed by atoms with Crippen LogP contribution in [0.4, 0.5) is 0 Å². The quantitative estimate of drug-likeness (QED) is 0.505. The fourth-order valence-electron chi connectivity index (χ4n) is 3.40. The number of carboxylic acids is 1. The van der Waals surface area contributed by atoms with Crippen molar-refractivity contribution < 1.29 is 14.7 Å². The Bertz CT molecular complexity index is 1060. The van der Waals surface area contributed by atoms with Crippen LogP contribution in [-0.2, 0) is 23.1 Å². The van der Waals surface area contributed by atoms with E-state index < -0.39 is 5.97 Å². The molecule has 0 fully saturated rings. The number of carbonyl (C=O) groups excluding carboxylic acids is 1. The summed E-state index contributed by atoms with van der Waals surface area (Å²) < 4.78 is 0. The molecule has 0 unspecified atom stereocenters. The van der Waals surface area contributed by atoms with Crippen molar-refractivity contribution in [2.45, 2.75) is 39.0 Å².